The molecular formula is C25H19N5O3. The molecule has 0 aliphatic heterocycles. The van der Waals surface area contributed by atoms with Crippen LogP contribution in [0, 0.1) is 0 Å². The minimum Gasteiger partial charge on any atom is -0.324 e. The zero-order chi connectivity index (χ0) is 22.8. The highest BCUT2D eigenvalue weighted by Crippen LogP contribution is 2.23. The highest BCUT2D eigenvalue weighted by Gasteiger charge is 2.17. The second-order valence-electron chi connectivity index (χ2n) is 7.53. The lowest BCUT2D eigenvalue weighted by Gasteiger charge is -2.14. The molecule has 0 saturated heterocycles. The van der Waals surface area contributed by atoms with E-state index in [0.29, 0.717) is 16.9 Å². The SMILES string of the molecule is O=C(Cn1c(=O)n(Cc2ccccn2)c(=O)c2ncccc21)Nc1cccc2ccccc12. The number of fused-ring (bicyclic) bond motifs is 2. The number of nitrogens with one attached hydrogen (secondary N) is 1. The Labute approximate surface area is 187 Å². The lowest BCUT2D eigenvalue weighted by atomic mass is 10.1. The highest BCUT2D eigenvalue weighted by atomic mass is 16.2. The van der Waals surface area contributed by atoms with E-state index in [1.807, 2.05) is 42.5 Å². The topological polar surface area (TPSA) is 98.9 Å². The third-order valence-electron chi connectivity index (χ3n) is 5.40. The van der Waals surface area contributed by atoms with Crippen molar-refractivity contribution in [3.05, 3.63) is 112 Å². The summed E-state index contributed by atoms with van der Waals surface area (Å²) in [6.07, 6.45) is 3.08. The van der Waals surface area contributed by atoms with Crippen LogP contribution in [0.3, 0.4) is 0 Å². The molecule has 33 heavy (non-hydrogen) atoms. The van der Waals surface area contributed by atoms with Gasteiger partial charge in [-0.15, -0.1) is 0 Å². The van der Waals surface area contributed by atoms with Crippen molar-refractivity contribution in [2.75, 3.05) is 5.32 Å². The molecule has 2 aromatic carbocycles. The van der Waals surface area contributed by atoms with E-state index in [1.165, 1.54) is 10.8 Å². The first-order valence-corrected chi connectivity index (χ1v) is 10.4. The van der Waals surface area contributed by atoms with Crippen LogP contribution >= 0.6 is 0 Å². The molecule has 0 unspecified atom stereocenters. The van der Waals surface area contributed by atoms with Crippen molar-refractivity contribution >= 4 is 33.4 Å². The fraction of sp³-hybridized carbons (Fsp3) is 0.0800. The molecule has 8 nitrogen and oxygen atoms in total. The number of anilines is 1. The van der Waals surface area contributed by atoms with Crippen molar-refractivity contribution in [1.82, 2.24) is 19.1 Å². The Hall–Kier alpha value is -4.59. The van der Waals surface area contributed by atoms with Crippen LogP contribution in [0.4, 0.5) is 5.69 Å². The number of nitrogens with zero attached hydrogens (tertiary/aromatic N) is 4. The lowest BCUT2D eigenvalue weighted by molar-refractivity contribution is -0.116. The number of carbonyl (C=O) groups excluding carboxylic acids is 1. The number of rotatable bonds is 5. The number of aromatic nitrogens is 4. The van der Waals surface area contributed by atoms with E-state index >= 15 is 0 Å². The van der Waals surface area contributed by atoms with Gasteiger partial charge in [-0.25, -0.2) is 9.78 Å². The Kier molecular flexibility index (Phi) is 5.24. The van der Waals surface area contributed by atoms with Gasteiger partial charge in [0, 0.05) is 23.5 Å². The summed E-state index contributed by atoms with van der Waals surface area (Å²) in [5.74, 6) is -0.387. The summed E-state index contributed by atoms with van der Waals surface area (Å²) in [4.78, 5) is 47.6. The maximum absolute atomic E-state index is 13.3. The van der Waals surface area contributed by atoms with Gasteiger partial charge in [-0.3, -0.25) is 23.7 Å². The Morgan fingerprint density at radius 1 is 0.818 bits per heavy atom. The number of hydrogen-bond acceptors (Lipinski definition) is 5. The fourth-order valence-electron chi connectivity index (χ4n) is 3.86. The second kappa shape index (κ2) is 8.51. The van der Waals surface area contributed by atoms with E-state index in [9.17, 15) is 14.4 Å². The van der Waals surface area contributed by atoms with Crippen LogP contribution in [-0.4, -0.2) is 25.0 Å². The van der Waals surface area contributed by atoms with Crippen LogP contribution in [0.5, 0.6) is 0 Å². The summed E-state index contributed by atoms with van der Waals surface area (Å²) in [6, 6.07) is 21.8. The molecule has 0 aliphatic rings. The molecule has 3 aromatic heterocycles. The third-order valence-corrected chi connectivity index (χ3v) is 5.40. The van der Waals surface area contributed by atoms with Gasteiger partial charge >= 0.3 is 5.69 Å². The third kappa shape index (κ3) is 3.89. The number of pyridine rings is 2. The molecule has 0 spiro atoms. The summed E-state index contributed by atoms with van der Waals surface area (Å²) >= 11 is 0. The molecule has 0 radical (unpaired) electrons. The minimum atomic E-state index is -0.598. The van der Waals surface area contributed by atoms with E-state index in [4.69, 9.17) is 0 Å². The zero-order valence-electron chi connectivity index (χ0n) is 17.5. The van der Waals surface area contributed by atoms with Crippen molar-refractivity contribution in [2.45, 2.75) is 13.1 Å². The largest absolute Gasteiger partial charge is 0.332 e. The first-order chi connectivity index (χ1) is 16.1. The summed E-state index contributed by atoms with van der Waals surface area (Å²) in [7, 11) is 0. The molecule has 0 bridgehead atoms. The van der Waals surface area contributed by atoms with Gasteiger partial charge in [0.2, 0.25) is 5.91 Å². The molecule has 3 heterocycles. The summed E-state index contributed by atoms with van der Waals surface area (Å²) in [5, 5.41) is 4.78. The van der Waals surface area contributed by atoms with Crippen molar-refractivity contribution in [2.24, 2.45) is 0 Å². The maximum Gasteiger partial charge on any atom is 0.332 e. The summed E-state index contributed by atoms with van der Waals surface area (Å²) < 4.78 is 2.33. The molecule has 1 N–H and O–H groups in total. The Morgan fingerprint density at radius 2 is 1.61 bits per heavy atom. The van der Waals surface area contributed by atoms with Gasteiger partial charge in [0.1, 0.15) is 6.54 Å². The van der Waals surface area contributed by atoms with E-state index in [1.54, 1.807) is 36.5 Å². The molecule has 5 aromatic rings. The van der Waals surface area contributed by atoms with E-state index in [2.05, 4.69) is 15.3 Å². The molecule has 0 aliphatic carbocycles. The first kappa shape index (κ1) is 20.3. The van der Waals surface area contributed by atoms with Crippen LogP contribution in [0.15, 0.2) is 94.8 Å². The van der Waals surface area contributed by atoms with Crippen LogP contribution in [0.1, 0.15) is 5.69 Å². The molecular weight excluding hydrogens is 418 g/mol. The molecule has 0 saturated carbocycles. The quantitative estimate of drug-likeness (QED) is 0.456. The number of hydrogen-bond donors (Lipinski definition) is 1. The smallest absolute Gasteiger partial charge is 0.324 e. The van der Waals surface area contributed by atoms with Gasteiger partial charge in [0.05, 0.1) is 17.8 Å². The number of benzene rings is 2. The molecule has 0 atom stereocenters. The predicted octanol–water partition coefficient (Wildman–Crippen LogP) is 2.79. The number of amides is 1. The van der Waals surface area contributed by atoms with Crippen molar-refractivity contribution in [1.29, 1.82) is 0 Å². The minimum absolute atomic E-state index is 0.0179. The van der Waals surface area contributed by atoms with Crippen molar-refractivity contribution in [3.8, 4) is 0 Å². The average Bonchev–Trinajstić information content (AvgIpc) is 2.85. The predicted molar refractivity (Wildman–Crippen MR) is 126 cm³/mol. The van der Waals surface area contributed by atoms with Gasteiger partial charge in [0.15, 0.2) is 5.52 Å². The molecule has 1 amide bonds. The second-order valence-corrected chi connectivity index (χ2v) is 7.53. The fourth-order valence-corrected chi connectivity index (χ4v) is 3.86. The maximum atomic E-state index is 13.3. The van der Waals surface area contributed by atoms with Crippen LogP contribution in [0.25, 0.3) is 21.8 Å². The van der Waals surface area contributed by atoms with Gasteiger partial charge in [0.25, 0.3) is 5.56 Å². The Bertz CT molecular complexity index is 1600. The van der Waals surface area contributed by atoms with Gasteiger partial charge in [-0.1, -0.05) is 42.5 Å². The first-order valence-electron chi connectivity index (χ1n) is 10.4. The summed E-state index contributed by atoms with van der Waals surface area (Å²) in [6.45, 7) is -0.289. The Balaban J connectivity index is 1.55. The number of carbonyl (C=O) groups is 1. The van der Waals surface area contributed by atoms with Crippen molar-refractivity contribution in [3.63, 3.8) is 0 Å². The van der Waals surface area contributed by atoms with E-state index in [0.717, 1.165) is 15.3 Å². The highest BCUT2D eigenvalue weighted by molar-refractivity contribution is 6.02. The van der Waals surface area contributed by atoms with Gasteiger partial charge in [-0.2, -0.15) is 0 Å². The molecule has 8 heteroatoms. The zero-order valence-corrected chi connectivity index (χ0v) is 17.5. The van der Waals surface area contributed by atoms with E-state index in [-0.39, 0.29) is 24.5 Å². The average molecular weight is 437 g/mol. The Morgan fingerprint density at radius 3 is 2.45 bits per heavy atom. The molecule has 0 fully saturated rings. The van der Waals surface area contributed by atoms with Crippen LogP contribution < -0.4 is 16.6 Å². The standard InChI is InChI=1S/C25H19N5O3/c31-22(28-20-11-5-8-17-7-1-2-10-19(17)20)16-29-21-12-6-14-27-23(21)24(32)30(25(29)33)15-18-9-3-4-13-26-18/h1-14H,15-16H2,(H,28,31). The normalized spacial score (nSPS) is 11.0. The van der Waals surface area contributed by atoms with Crippen molar-refractivity contribution < 1.29 is 4.79 Å². The van der Waals surface area contributed by atoms with E-state index < -0.39 is 11.2 Å². The monoisotopic (exact) mass is 437 g/mol. The lowest BCUT2D eigenvalue weighted by Crippen LogP contribution is -2.42. The van der Waals surface area contributed by atoms with Gasteiger partial charge < -0.3 is 5.32 Å². The van der Waals surface area contributed by atoms with Crippen LogP contribution in [-0.2, 0) is 17.9 Å². The molecule has 162 valence electrons. The summed E-state index contributed by atoms with van der Waals surface area (Å²) in [5.41, 5.74) is 0.504. The molecule has 5 rings (SSSR count). The van der Waals surface area contributed by atoms with Gasteiger partial charge in [-0.05, 0) is 35.7 Å². The van der Waals surface area contributed by atoms with Crippen LogP contribution in [0.2, 0.25) is 0 Å².